The lowest BCUT2D eigenvalue weighted by Gasteiger charge is -2.20. The Morgan fingerprint density at radius 3 is 2.47 bits per heavy atom. The predicted octanol–water partition coefficient (Wildman–Crippen LogP) is 3.25. The Morgan fingerprint density at radius 2 is 2.00 bits per heavy atom. The molecule has 106 valence electrons. The summed E-state index contributed by atoms with van der Waals surface area (Å²) in [7, 11) is 0. The maximum absolute atomic E-state index is 12.5. The lowest BCUT2D eigenvalue weighted by molar-refractivity contribution is -0.192. The Morgan fingerprint density at radius 1 is 1.42 bits per heavy atom. The molecule has 2 atom stereocenters. The number of aliphatic carboxylic acids is 1. The Bertz CT molecular complexity index is 451. The van der Waals surface area contributed by atoms with Crippen LogP contribution >= 0.6 is 11.6 Å². The van der Waals surface area contributed by atoms with Crippen LogP contribution in [0.1, 0.15) is 18.5 Å². The minimum Gasteiger partial charge on any atom is -0.481 e. The summed E-state index contributed by atoms with van der Waals surface area (Å²) in [6.45, 7) is 0.918. The summed E-state index contributed by atoms with van der Waals surface area (Å²) in [4.78, 5) is 10.6. The third kappa shape index (κ3) is 4.40. The molecule has 0 saturated heterocycles. The zero-order valence-electron chi connectivity index (χ0n) is 10.0. The molecule has 3 nitrogen and oxygen atoms in total. The first-order valence-corrected chi connectivity index (χ1v) is 5.88. The smallest absolute Gasteiger partial charge is 0.403 e. The van der Waals surface area contributed by atoms with Crippen LogP contribution in [0.2, 0.25) is 5.02 Å². The van der Waals surface area contributed by atoms with E-state index in [0.717, 1.165) is 0 Å². The van der Waals surface area contributed by atoms with Gasteiger partial charge in [-0.25, -0.2) is 0 Å². The highest BCUT2D eigenvalue weighted by atomic mass is 35.5. The molecule has 0 aromatic heterocycles. The van der Waals surface area contributed by atoms with E-state index in [-0.39, 0.29) is 0 Å². The summed E-state index contributed by atoms with van der Waals surface area (Å²) in [5.41, 5.74) is 0.621. The van der Waals surface area contributed by atoms with Gasteiger partial charge in [-0.3, -0.25) is 4.79 Å². The van der Waals surface area contributed by atoms with Crippen molar-refractivity contribution in [1.82, 2.24) is 5.32 Å². The maximum Gasteiger partial charge on any atom is 0.403 e. The molecule has 0 heterocycles. The SMILES string of the molecule is CC(NCC(C(=O)O)C(F)(F)F)c1ccccc1Cl. The van der Waals surface area contributed by atoms with E-state index in [0.29, 0.717) is 10.6 Å². The van der Waals surface area contributed by atoms with Gasteiger partial charge in [0.15, 0.2) is 5.92 Å². The number of alkyl halides is 3. The van der Waals surface area contributed by atoms with Gasteiger partial charge in [-0.05, 0) is 18.6 Å². The van der Waals surface area contributed by atoms with Crippen molar-refractivity contribution in [2.75, 3.05) is 6.54 Å². The van der Waals surface area contributed by atoms with Gasteiger partial charge in [0, 0.05) is 17.6 Å². The van der Waals surface area contributed by atoms with E-state index in [1.807, 2.05) is 0 Å². The molecular weight excluding hydrogens is 283 g/mol. The van der Waals surface area contributed by atoms with Gasteiger partial charge in [0.2, 0.25) is 0 Å². The van der Waals surface area contributed by atoms with Crippen LogP contribution in [0.3, 0.4) is 0 Å². The number of carboxylic acids is 1. The first kappa shape index (κ1) is 15.8. The first-order chi connectivity index (χ1) is 8.73. The maximum atomic E-state index is 12.5. The number of hydrogen-bond donors (Lipinski definition) is 2. The molecule has 19 heavy (non-hydrogen) atoms. The number of rotatable bonds is 5. The zero-order chi connectivity index (χ0) is 14.6. The standard InChI is InChI=1S/C12H13ClF3NO2/c1-7(8-4-2-3-5-10(8)13)17-6-9(11(18)19)12(14,15)16/h2-5,7,9,17H,6H2,1H3,(H,18,19). The van der Waals surface area contributed by atoms with Gasteiger partial charge in [-0.2, -0.15) is 13.2 Å². The number of carbonyl (C=O) groups is 1. The quantitative estimate of drug-likeness (QED) is 0.876. The average molecular weight is 296 g/mol. The Labute approximate surface area is 113 Å². The molecule has 0 aliphatic heterocycles. The van der Waals surface area contributed by atoms with Crippen molar-refractivity contribution in [1.29, 1.82) is 0 Å². The van der Waals surface area contributed by atoms with E-state index in [2.05, 4.69) is 5.32 Å². The Balaban J connectivity index is 2.70. The van der Waals surface area contributed by atoms with Crippen LogP contribution < -0.4 is 5.32 Å². The molecule has 0 spiro atoms. The van der Waals surface area contributed by atoms with E-state index in [1.165, 1.54) is 0 Å². The van der Waals surface area contributed by atoms with Gasteiger partial charge in [0.25, 0.3) is 0 Å². The summed E-state index contributed by atoms with van der Waals surface area (Å²) in [5.74, 6) is -4.33. The van der Waals surface area contributed by atoms with E-state index in [1.54, 1.807) is 31.2 Å². The predicted molar refractivity (Wildman–Crippen MR) is 65.1 cm³/mol. The molecule has 1 rings (SSSR count). The van der Waals surface area contributed by atoms with Crippen LogP contribution in [-0.4, -0.2) is 23.8 Å². The molecule has 0 radical (unpaired) electrons. The topological polar surface area (TPSA) is 49.3 Å². The molecule has 1 aromatic carbocycles. The molecule has 7 heteroatoms. The Hall–Kier alpha value is -1.27. The summed E-state index contributed by atoms with van der Waals surface area (Å²) >= 11 is 5.91. The van der Waals surface area contributed by atoms with Crippen LogP contribution in [0.4, 0.5) is 13.2 Å². The van der Waals surface area contributed by atoms with E-state index >= 15 is 0 Å². The second-order valence-corrected chi connectivity index (χ2v) is 4.49. The van der Waals surface area contributed by atoms with Crippen molar-refractivity contribution < 1.29 is 23.1 Å². The number of benzene rings is 1. The minimum absolute atomic E-state index is 0.418. The van der Waals surface area contributed by atoms with Crippen molar-refractivity contribution in [3.63, 3.8) is 0 Å². The largest absolute Gasteiger partial charge is 0.481 e. The summed E-state index contributed by atoms with van der Waals surface area (Å²) in [6, 6.07) is 6.22. The van der Waals surface area contributed by atoms with Crippen LogP contribution in [0.15, 0.2) is 24.3 Å². The molecule has 0 aliphatic carbocycles. The van der Waals surface area contributed by atoms with Gasteiger partial charge in [-0.1, -0.05) is 29.8 Å². The highest BCUT2D eigenvalue weighted by Crippen LogP contribution is 2.27. The average Bonchev–Trinajstić information content (AvgIpc) is 2.27. The summed E-state index contributed by atoms with van der Waals surface area (Å²) in [5, 5.41) is 11.5. The second-order valence-electron chi connectivity index (χ2n) is 4.08. The molecule has 0 fully saturated rings. The number of nitrogens with one attached hydrogen (secondary N) is 1. The van der Waals surface area contributed by atoms with Crippen molar-refractivity contribution in [2.24, 2.45) is 5.92 Å². The number of halogens is 4. The fourth-order valence-corrected chi connectivity index (χ4v) is 1.87. The first-order valence-electron chi connectivity index (χ1n) is 5.50. The van der Waals surface area contributed by atoms with Crippen molar-refractivity contribution >= 4 is 17.6 Å². The third-order valence-corrected chi connectivity index (χ3v) is 3.04. The molecule has 0 amide bonds. The molecule has 0 saturated carbocycles. The second kappa shape index (κ2) is 6.25. The van der Waals surface area contributed by atoms with Crippen molar-refractivity contribution in [3.8, 4) is 0 Å². The van der Waals surface area contributed by atoms with Crippen LogP contribution in [0.5, 0.6) is 0 Å². The van der Waals surface area contributed by atoms with Gasteiger partial charge in [-0.15, -0.1) is 0 Å². The molecule has 0 bridgehead atoms. The van der Waals surface area contributed by atoms with E-state index in [9.17, 15) is 18.0 Å². The van der Waals surface area contributed by atoms with Gasteiger partial charge in [0.1, 0.15) is 0 Å². The van der Waals surface area contributed by atoms with Crippen molar-refractivity contribution in [3.05, 3.63) is 34.9 Å². The Kier molecular flexibility index (Phi) is 5.20. The summed E-state index contributed by atoms with van der Waals surface area (Å²) in [6.07, 6.45) is -4.78. The fraction of sp³-hybridized carbons (Fsp3) is 0.417. The molecular formula is C12H13ClF3NO2. The monoisotopic (exact) mass is 295 g/mol. The summed E-state index contributed by atoms with van der Waals surface area (Å²) < 4.78 is 37.4. The van der Waals surface area contributed by atoms with Crippen LogP contribution in [0, 0.1) is 5.92 Å². The lowest BCUT2D eigenvalue weighted by Crippen LogP contribution is -2.39. The lowest BCUT2D eigenvalue weighted by atomic mass is 10.1. The fourth-order valence-electron chi connectivity index (χ4n) is 1.57. The van der Waals surface area contributed by atoms with Gasteiger partial charge >= 0.3 is 12.1 Å². The highest BCUT2D eigenvalue weighted by Gasteiger charge is 2.44. The van der Waals surface area contributed by atoms with Crippen LogP contribution in [0.25, 0.3) is 0 Å². The van der Waals surface area contributed by atoms with E-state index < -0.39 is 30.7 Å². The number of carboxylic acid groups (broad SMARTS) is 1. The highest BCUT2D eigenvalue weighted by molar-refractivity contribution is 6.31. The van der Waals surface area contributed by atoms with Gasteiger partial charge in [0.05, 0.1) is 0 Å². The minimum atomic E-state index is -4.78. The van der Waals surface area contributed by atoms with Crippen molar-refractivity contribution in [2.45, 2.75) is 19.1 Å². The zero-order valence-corrected chi connectivity index (χ0v) is 10.8. The third-order valence-electron chi connectivity index (χ3n) is 2.69. The molecule has 2 unspecified atom stereocenters. The molecule has 2 N–H and O–H groups in total. The van der Waals surface area contributed by atoms with E-state index in [4.69, 9.17) is 16.7 Å². The molecule has 0 aliphatic rings. The van der Waals surface area contributed by atoms with Gasteiger partial charge < -0.3 is 10.4 Å². The normalized spacial score (nSPS) is 15.0. The van der Waals surface area contributed by atoms with Crippen LogP contribution in [-0.2, 0) is 4.79 Å². The number of hydrogen-bond acceptors (Lipinski definition) is 2. The molecule has 1 aromatic rings.